The summed E-state index contributed by atoms with van der Waals surface area (Å²) in [6.07, 6.45) is 1.39. The van der Waals surface area contributed by atoms with Crippen molar-refractivity contribution in [2.24, 2.45) is 0 Å². The molecule has 0 amide bonds. The molecule has 0 radical (unpaired) electrons. The van der Waals surface area contributed by atoms with Gasteiger partial charge in [-0.15, -0.1) is 0 Å². The fraction of sp³-hybridized carbons (Fsp3) is 0.0625. The molecule has 0 aliphatic heterocycles. The van der Waals surface area contributed by atoms with E-state index in [1.807, 2.05) is 6.07 Å². The molecule has 0 unspecified atom stereocenters. The van der Waals surface area contributed by atoms with Crippen molar-refractivity contribution in [1.29, 1.82) is 5.26 Å². The normalized spacial score (nSPS) is 11.0. The molecule has 2 aromatic carbocycles. The van der Waals surface area contributed by atoms with Gasteiger partial charge in [0.05, 0.1) is 18.8 Å². The van der Waals surface area contributed by atoms with Crippen LogP contribution >= 0.6 is 0 Å². The van der Waals surface area contributed by atoms with Gasteiger partial charge in [0.1, 0.15) is 5.75 Å². The summed E-state index contributed by atoms with van der Waals surface area (Å²) in [7, 11) is 1.29. The molecule has 0 aliphatic rings. The van der Waals surface area contributed by atoms with E-state index >= 15 is 0 Å². The lowest BCUT2D eigenvalue weighted by Gasteiger charge is -2.10. The Morgan fingerprint density at radius 2 is 1.73 bits per heavy atom. The first-order chi connectivity index (χ1) is 10.5. The Bertz CT molecular complexity index is 773. The van der Waals surface area contributed by atoms with E-state index < -0.39 is 17.2 Å². The summed E-state index contributed by atoms with van der Waals surface area (Å²) in [5.74, 6) is -1.85. The Balaban J connectivity index is 2.60. The van der Waals surface area contributed by atoms with Crippen LogP contribution in [0.2, 0.25) is 0 Å². The van der Waals surface area contributed by atoms with Crippen molar-refractivity contribution in [2.75, 3.05) is 7.11 Å². The number of benzene rings is 2. The third-order valence-corrected chi connectivity index (χ3v) is 3.04. The van der Waals surface area contributed by atoms with Gasteiger partial charge in [0.25, 0.3) is 0 Å². The number of nitriles is 1. The van der Waals surface area contributed by atoms with Crippen molar-refractivity contribution >= 4 is 11.6 Å². The molecule has 0 aromatic heterocycles. The van der Waals surface area contributed by atoms with E-state index in [1.165, 1.54) is 31.4 Å². The van der Waals surface area contributed by atoms with Crippen LogP contribution in [0.15, 0.2) is 30.3 Å². The molecule has 0 spiro atoms. The minimum Gasteiger partial charge on any atom is -0.508 e. The molecule has 6 nitrogen and oxygen atoms in total. The number of phenols is 4. The molecule has 0 bridgehead atoms. The van der Waals surface area contributed by atoms with Crippen LogP contribution in [0.3, 0.4) is 0 Å². The SMILES string of the molecule is COc1c(/C=C(/C#N)c2ccc(O)cc2)cc(O)c(O)c1O. The topological polar surface area (TPSA) is 114 Å². The Hall–Kier alpha value is -3.33. The fourth-order valence-electron chi connectivity index (χ4n) is 1.95. The maximum Gasteiger partial charge on any atom is 0.205 e. The molecular formula is C16H13NO5. The van der Waals surface area contributed by atoms with Crippen LogP contribution in [0.25, 0.3) is 11.6 Å². The number of hydrogen-bond donors (Lipinski definition) is 4. The van der Waals surface area contributed by atoms with Crippen LogP contribution < -0.4 is 4.74 Å². The molecule has 6 heteroatoms. The van der Waals surface area contributed by atoms with Gasteiger partial charge in [0.15, 0.2) is 11.5 Å². The minimum atomic E-state index is -0.697. The molecule has 4 N–H and O–H groups in total. The van der Waals surface area contributed by atoms with Gasteiger partial charge < -0.3 is 25.2 Å². The van der Waals surface area contributed by atoms with E-state index in [1.54, 1.807) is 12.1 Å². The first-order valence-corrected chi connectivity index (χ1v) is 6.21. The maximum atomic E-state index is 9.77. The zero-order valence-corrected chi connectivity index (χ0v) is 11.6. The van der Waals surface area contributed by atoms with E-state index in [0.29, 0.717) is 5.56 Å². The van der Waals surface area contributed by atoms with Crippen molar-refractivity contribution < 1.29 is 25.2 Å². The van der Waals surface area contributed by atoms with Crippen molar-refractivity contribution in [3.05, 3.63) is 41.5 Å². The van der Waals surface area contributed by atoms with Gasteiger partial charge in [-0.2, -0.15) is 5.26 Å². The van der Waals surface area contributed by atoms with Gasteiger partial charge in [0.2, 0.25) is 11.5 Å². The number of phenolic OH excluding ortho intramolecular Hbond substituents is 4. The highest BCUT2D eigenvalue weighted by atomic mass is 16.5. The Labute approximate surface area is 126 Å². The highest BCUT2D eigenvalue weighted by Crippen LogP contribution is 2.45. The summed E-state index contributed by atoms with van der Waals surface area (Å²) in [6, 6.07) is 9.13. The smallest absolute Gasteiger partial charge is 0.205 e. The summed E-state index contributed by atoms with van der Waals surface area (Å²) in [5.41, 5.74) is 0.983. The molecular weight excluding hydrogens is 286 g/mol. The lowest BCUT2D eigenvalue weighted by Crippen LogP contribution is -1.90. The largest absolute Gasteiger partial charge is 0.508 e. The summed E-state index contributed by atoms with van der Waals surface area (Å²) >= 11 is 0. The number of hydrogen-bond acceptors (Lipinski definition) is 6. The monoisotopic (exact) mass is 299 g/mol. The minimum absolute atomic E-state index is 0.0678. The van der Waals surface area contributed by atoms with Crippen LogP contribution in [0, 0.1) is 11.3 Å². The Kier molecular flexibility index (Phi) is 4.09. The number of nitrogens with zero attached hydrogens (tertiary/aromatic N) is 1. The van der Waals surface area contributed by atoms with Crippen molar-refractivity contribution in [2.45, 2.75) is 0 Å². The van der Waals surface area contributed by atoms with Crippen molar-refractivity contribution in [3.8, 4) is 34.8 Å². The molecule has 2 aromatic rings. The van der Waals surface area contributed by atoms with E-state index in [9.17, 15) is 25.7 Å². The molecule has 22 heavy (non-hydrogen) atoms. The van der Waals surface area contributed by atoms with Crippen LogP contribution in [0.1, 0.15) is 11.1 Å². The first-order valence-electron chi connectivity index (χ1n) is 6.21. The predicted octanol–water partition coefficient (Wildman–Crippen LogP) is 2.58. The van der Waals surface area contributed by atoms with Crippen LogP contribution in [0.4, 0.5) is 0 Å². The molecule has 0 saturated carbocycles. The number of aromatic hydroxyl groups is 4. The summed E-state index contributed by atoms with van der Waals surface area (Å²) in [5, 5.41) is 47.4. The molecule has 2 rings (SSSR count). The molecule has 0 atom stereocenters. The third-order valence-electron chi connectivity index (χ3n) is 3.04. The van der Waals surface area contributed by atoms with E-state index in [0.717, 1.165) is 0 Å². The van der Waals surface area contributed by atoms with Gasteiger partial charge >= 0.3 is 0 Å². The zero-order chi connectivity index (χ0) is 16.3. The molecule has 0 aliphatic carbocycles. The fourth-order valence-corrected chi connectivity index (χ4v) is 1.95. The lowest BCUT2D eigenvalue weighted by atomic mass is 10.0. The number of ether oxygens (including phenoxy) is 1. The molecule has 112 valence electrons. The highest BCUT2D eigenvalue weighted by molar-refractivity contribution is 5.91. The predicted molar refractivity (Wildman–Crippen MR) is 79.6 cm³/mol. The van der Waals surface area contributed by atoms with Crippen LogP contribution in [-0.2, 0) is 0 Å². The van der Waals surface area contributed by atoms with Gasteiger partial charge in [-0.25, -0.2) is 0 Å². The first kappa shape index (κ1) is 15.1. The van der Waals surface area contributed by atoms with Crippen molar-refractivity contribution in [3.63, 3.8) is 0 Å². The second-order valence-electron chi connectivity index (χ2n) is 4.43. The van der Waals surface area contributed by atoms with Gasteiger partial charge in [-0.3, -0.25) is 0 Å². The zero-order valence-electron chi connectivity index (χ0n) is 11.6. The average molecular weight is 299 g/mol. The number of rotatable bonds is 3. The maximum absolute atomic E-state index is 9.77. The van der Waals surface area contributed by atoms with Gasteiger partial charge in [-0.1, -0.05) is 0 Å². The number of allylic oxidation sites excluding steroid dienone is 1. The quantitative estimate of drug-likeness (QED) is 0.393. The van der Waals surface area contributed by atoms with E-state index in [2.05, 4.69) is 0 Å². The van der Waals surface area contributed by atoms with E-state index in [4.69, 9.17) is 4.74 Å². The second kappa shape index (κ2) is 5.97. The second-order valence-corrected chi connectivity index (χ2v) is 4.43. The Morgan fingerprint density at radius 3 is 2.27 bits per heavy atom. The summed E-state index contributed by atoms with van der Waals surface area (Å²) in [6.45, 7) is 0. The lowest BCUT2D eigenvalue weighted by molar-refractivity contribution is 0.335. The molecule has 0 fully saturated rings. The van der Waals surface area contributed by atoms with Crippen LogP contribution in [0.5, 0.6) is 28.7 Å². The Morgan fingerprint density at radius 1 is 1.09 bits per heavy atom. The third kappa shape index (κ3) is 2.74. The molecule has 0 saturated heterocycles. The summed E-state index contributed by atoms with van der Waals surface area (Å²) in [4.78, 5) is 0. The number of methoxy groups -OCH3 is 1. The van der Waals surface area contributed by atoms with Gasteiger partial charge in [0, 0.05) is 5.56 Å². The highest BCUT2D eigenvalue weighted by Gasteiger charge is 2.17. The van der Waals surface area contributed by atoms with E-state index in [-0.39, 0.29) is 22.6 Å². The van der Waals surface area contributed by atoms with Crippen LogP contribution in [-0.4, -0.2) is 27.5 Å². The molecule has 0 heterocycles. The van der Waals surface area contributed by atoms with Gasteiger partial charge in [-0.05, 0) is 42.0 Å². The average Bonchev–Trinajstić information content (AvgIpc) is 2.51. The standard InChI is InChI=1S/C16H13NO5/c1-22-16-10(7-13(19)14(20)15(16)21)6-11(8-17)9-2-4-12(18)5-3-9/h2-7,18-21H,1H3/b11-6-. The van der Waals surface area contributed by atoms with Crippen molar-refractivity contribution in [1.82, 2.24) is 0 Å². The summed E-state index contributed by atoms with van der Waals surface area (Å²) < 4.78 is 5.00.